The fourth-order valence-electron chi connectivity index (χ4n) is 2.55. The van der Waals surface area contributed by atoms with Crippen LogP contribution >= 0.6 is 0 Å². The molecule has 1 atom stereocenters. The van der Waals surface area contributed by atoms with E-state index >= 15 is 0 Å². The molecule has 1 aromatic carbocycles. The first-order valence-corrected chi connectivity index (χ1v) is 8.19. The predicted octanol–water partition coefficient (Wildman–Crippen LogP) is 3.75. The van der Waals surface area contributed by atoms with E-state index in [0.29, 0.717) is 6.04 Å². The lowest BCUT2D eigenvalue weighted by atomic mass is 10.1. The summed E-state index contributed by atoms with van der Waals surface area (Å²) in [7, 11) is 1.77. The molecule has 0 heterocycles. The molecule has 0 aliphatic rings. The van der Waals surface area contributed by atoms with Crippen LogP contribution in [0.5, 0.6) is 0 Å². The number of anilines is 1. The fourth-order valence-corrected chi connectivity index (χ4v) is 2.55. The van der Waals surface area contributed by atoms with Gasteiger partial charge in [0.15, 0.2) is 0 Å². The van der Waals surface area contributed by atoms with Crippen molar-refractivity contribution in [2.75, 3.05) is 31.7 Å². The summed E-state index contributed by atoms with van der Waals surface area (Å²) in [5.74, 6) is 0. The highest BCUT2D eigenvalue weighted by Gasteiger charge is 2.14. The molecule has 1 aromatic rings. The largest absolute Gasteiger partial charge is 0.383 e. The minimum atomic E-state index is 0.530. The molecule has 3 heteroatoms. The summed E-state index contributed by atoms with van der Waals surface area (Å²) in [4.78, 5) is 2.46. The molecular weight excluding hydrogens is 260 g/mol. The number of benzene rings is 1. The second kappa shape index (κ2) is 9.80. The molecule has 3 nitrogen and oxygen atoms in total. The van der Waals surface area contributed by atoms with Gasteiger partial charge in [-0.1, -0.05) is 26.0 Å². The topological polar surface area (TPSA) is 24.5 Å². The van der Waals surface area contributed by atoms with Crippen molar-refractivity contribution < 1.29 is 4.74 Å². The summed E-state index contributed by atoms with van der Waals surface area (Å²) in [6.07, 6.45) is 2.32. The standard InChI is InChI=1S/C18H32N2O/c1-6-10-19-14-17-8-9-18(15(3)13-17)20(11-12-21-5)16(4)7-2/h8-9,13,16,19H,6-7,10-12,14H2,1-5H3. The Labute approximate surface area is 130 Å². The van der Waals surface area contributed by atoms with E-state index in [1.54, 1.807) is 7.11 Å². The number of rotatable bonds is 10. The Kier molecular flexibility index (Phi) is 8.40. The molecule has 120 valence electrons. The third-order valence-electron chi connectivity index (χ3n) is 3.99. The molecule has 0 aliphatic carbocycles. The lowest BCUT2D eigenvalue weighted by molar-refractivity contribution is 0.203. The van der Waals surface area contributed by atoms with Gasteiger partial charge in [0, 0.05) is 31.9 Å². The van der Waals surface area contributed by atoms with E-state index in [-0.39, 0.29) is 0 Å². The molecule has 0 radical (unpaired) electrons. The molecule has 1 rings (SSSR count). The van der Waals surface area contributed by atoms with Crippen molar-refractivity contribution in [2.45, 2.75) is 53.1 Å². The average molecular weight is 292 g/mol. The number of nitrogens with zero attached hydrogens (tertiary/aromatic N) is 1. The Morgan fingerprint density at radius 1 is 1.29 bits per heavy atom. The molecule has 0 saturated heterocycles. The summed E-state index contributed by atoms with van der Waals surface area (Å²) in [6, 6.07) is 7.34. The van der Waals surface area contributed by atoms with Crippen LogP contribution in [0, 0.1) is 6.92 Å². The first-order chi connectivity index (χ1) is 10.1. The van der Waals surface area contributed by atoms with Crippen LogP contribution in [0.4, 0.5) is 5.69 Å². The first-order valence-electron chi connectivity index (χ1n) is 8.19. The average Bonchev–Trinajstić information content (AvgIpc) is 2.49. The molecule has 0 aromatic heterocycles. The lowest BCUT2D eigenvalue weighted by Gasteiger charge is -2.32. The van der Waals surface area contributed by atoms with Gasteiger partial charge in [0.05, 0.1) is 6.61 Å². The van der Waals surface area contributed by atoms with E-state index in [2.05, 4.69) is 56.1 Å². The second-order valence-electron chi connectivity index (χ2n) is 5.74. The number of hydrogen-bond donors (Lipinski definition) is 1. The zero-order valence-electron chi connectivity index (χ0n) is 14.4. The Balaban J connectivity index is 2.83. The van der Waals surface area contributed by atoms with E-state index in [1.165, 1.54) is 23.2 Å². The second-order valence-corrected chi connectivity index (χ2v) is 5.74. The van der Waals surface area contributed by atoms with Crippen molar-refractivity contribution in [1.29, 1.82) is 0 Å². The summed E-state index contributed by atoms with van der Waals surface area (Å²) in [5, 5.41) is 3.46. The maximum atomic E-state index is 5.27. The molecular formula is C18H32N2O. The van der Waals surface area contributed by atoms with Crippen LogP contribution in [-0.4, -0.2) is 32.8 Å². The van der Waals surface area contributed by atoms with Crippen LogP contribution in [-0.2, 0) is 11.3 Å². The number of hydrogen-bond acceptors (Lipinski definition) is 3. The van der Waals surface area contributed by atoms with Gasteiger partial charge >= 0.3 is 0 Å². The van der Waals surface area contributed by atoms with Crippen LogP contribution < -0.4 is 10.2 Å². The quantitative estimate of drug-likeness (QED) is 0.665. The smallest absolute Gasteiger partial charge is 0.0637 e. The third-order valence-corrected chi connectivity index (χ3v) is 3.99. The van der Waals surface area contributed by atoms with Crippen LogP contribution in [0.25, 0.3) is 0 Å². The van der Waals surface area contributed by atoms with Crippen molar-refractivity contribution in [2.24, 2.45) is 0 Å². The monoisotopic (exact) mass is 292 g/mol. The maximum absolute atomic E-state index is 5.27. The van der Waals surface area contributed by atoms with Gasteiger partial charge in [-0.15, -0.1) is 0 Å². The van der Waals surface area contributed by atoms with Gasteiger partial charge in [-0.05, 0) is 50.4 Å². The number of nitrogens with one attached hydrogen (secondary N) is 1. The molecule has 1 unspecified atom stereocenters. The van der Waals surface area contributed by atoms with Crippen molar-refractivity contribution in [1.82, 2.24) is 5.32 Å². The maximum Gasteiger partial charge on any atom is 0.0637 e. The fraction of sp³-hybridized carbons (Fsp3) is 0.667. The number of ether oxygens (including phenoxy) is 1. The zero-order valence-corrected chi connectivity index (χ0v) is 14.4. The minimum absolute atomic E-state index is 0.530. The molecule has 0 spiro atoms. The molecule has 0 saturated carbocycles. The summed E-state index contributed by atoms with van der Waals surface area (Å²) in [5.41, 5.74) is 4.04. The molecule has 0 fully saturated rings. The predicted molar refractivity (Wildman–Crippen MR) is 92.2 cm³/mol. The SMILES string of the molecule is CCCNCc1ccc(N(CCOC)C(C)CC)c(C)c1. The Bertz CT molecular complexity index is 406. The molecule has 0 amide bonds. The van der Waals surface area contributed by atoms with Crippen LogP contribution in [0.1, 0.15) is 44.7 Å². The Hall–Kier alpha value is -1.06. The lowest BCUT2D eigenvalue weighted by Crippen LogP contribution is -2.36. The van der Waals surface area contributed by atoms with Crippen molar-refractivity contribution in [3.63, 3.8) is 0 Å². The van der Waals surface area contributed by atoms with Gasteiger partial charge in [0.25, 0.3) is 0 Å². The number of aryl methyl sites for hydroxylation is 1. The van der Waals surface area contributed by atoms with Gasteiger partial charge in [0.2, 0.25) is 0 Å². The normalized spacial score (nSPS) is 12.4. The molecule has 1 N–H and O–H groups in total. The Morgan fingerprint density at radius 3 is 2.62 bits per heavy atom. The summed E-state index contributed by atoms with van der Waals surface area (Å²) < 4.78 is 5.27. The molecule has 0 aliphatic heterocycles. The highest BCUT2D eigenvalue weighted by molar-refractivity contribution is 5.55. The summed E-state index contributed by atoms with van der Waals surface area (Å²) in [6.45, 7) is 12.7. The van der Waals surface area contributed by atoms with E-state index in [4.69, 9.17) is 4.74 Å². The van der Waals surface area contributed by atoms with Gasteiger partial charge in [0.1, 0.15) is 0 Å². The van der Waals surface area contributed by atoms with Crippen LogP contribution in [0.3, 0.4) is 0 Å². The van der Waals surface area contributed by atoms with Gasteiger partial charge in [-0.3, -0.25) is 0 Å². The minimum Gasteiger partial charge on any atom is -0.383 e. The van der Waals surface area contributed by atoms with E-state index in [0.717, 1.165) is 32.7 Å². The molecule has 21 heavy (non-hydrogen) atoms. The van der Waals surface area contributed by atoms with Gasteiger partial charge < -0.3 is 15.0 Å². The highest BCUT2D eigenvalue weighted by atomic mass is 16.5. The first kappa shape index (κ1) is 18.0. The van der Waals surface area contributed by atoms with Gasteiger partial charge in [-0.25, -0.2) is 0 Å². The highest BCUT2D eigenvalue weighted by Crippen LogP contribution is 2.24. The van der Waals surface area contributed by atoms with Crippen molar-refractivity contribution in [3.8, 4) is 0 Å². The van der Waals surface area contributed by atoms with E-state index in [1.807, 2.05) is 0 Å². The van der Waals surface area contributed by atoms with Crippen molar-refractivity contribution in [3.05, 3.63) is 29.3 Å². The van der Waals surface area contributed by atoms with Crippen LogP contribution in [0.15, 0.2) is 18.2 Å². The summed E-state index contributed by atoms with van der Waals surface area (Å²) >= 11 is 0. The number of methoxy groups -OCH3 is 1. The van der Waals surface area contributed by atoms with E-state index < -0.39 is 0 Å². The van der Waals surface area contributed by atoms with E-state index in [9.17, 15) is 0 Å². The van der Waals surface area contributed by atoms with Gasteiger partial charge in [-0.2, -0.15) is 0 Å². The molecule has 0 bridgehead atoms. The third kappa shape index (κ3) is 5.68. The Morgan fingerprint density at radius 2 is 2.05 bits per heavy atom. The van der Waals surface area contributed by atoms with Crippen molar-refractivity contribution >= 4 is 5.69 Å². The van der Waals surface area contributed by atoms with Crippen LogP contribution in [0.2, 0.25) is 0 Å². The zero-order chi connectivity index (χ0) is 15.7.